The van der Waals surface area contributed by atoms with Gasteiger partial charge >= 0.3 is 5.97 Å². The summed E-state index contributed by atoms with van der Waals surface area (Å²) in [5.74, 6) is 0.937. The average molecular weight is 318 g/mol. The second kappa shape index (κ2) is 6.62. The number of carboxylic acid groups (broad SMARTS) is 1. The molecule has 0 aromatic carbocycles. The van der Waals surface area contributed by atoms with Crippen molar-refractivity contribution < 1.29 is 14.7 Å². The molecule has 1 saturated heterocycles. The fourth-order valence-electron chi connectivity index (χ4n) is 1.69. The maximum absolute atomic E-state index is 12.0. The summed E-state index contributed by atoms with van der Waals surface area (Å²) >= 11 is 4.56. The molecule has 1 aromatic heterocycles. The second-order valence-corrected chi connectivity index (χ2v) is 7.12. The number of rotatable bonds is 5. The maximum Gasteiger partial charge on any atom is 0.327 e. The predicted octanol–water partition coefficient (Wildman–Crippen LogP) is 1.67. The van der Waals surface area contributed by atoms with Gasteiger partial charge in [0.2, 0.25) is 5.91 Å². The molecule has 0 saturated carbocycles. The largest absolute Gasteiger partial charge is 0.480 e. The Balaban J connectivity index is 1.79. The number of amides is 1. The molecule has 5 nitrogen and oxygen atoms in total. The van der Waals surface area contributed by atoms with Crippen molar-refractivity contribution >= 4 is 46.7 Å². The minimum Gasteiger partial charge on any atom is -0.480 e. The highest BCUT2D eigenvalue weighted by Crippen LogP contribution is 2.23. The van der Waals surface area contributed by atoms with Crippen molar-refractivity contribution in [3.63, 3.8) is 0 Å². The monoisotopic (exact) mass is 318 g/mol. The van der Waals surface area contributed by atoms with Crippen LogP contribution in [-0.2, 0) is 15.3 Å². The Labute approximate surface area is 123 Å². The van der Waals surface area contributed by atoms with E-state index in [1.807, 2.05) is 12.3 Å². The number of aliphatic carboxylic acids is 1. The summed E-state index contributed by atoms with van der Waals surface area (Å²) in [5.41, 5.74) is 0.978. The topological polar surface area (TPSA) is 70.5 Å². The Morgan fingerprint density at radius 3 is 3.05 bits per heavy atom. The number of carbonyl (C=O) groups is 2. The first-order valence-electron chi connectivity index (χ1n) is 5.66. The quantitative estimate of drug-likeness (QED) is 0.890. The summed E-state index contributed by atoms with van der Waals surface area (Å²) in [4.78, 5) is 28.7. The Kier molecular flexibility index (Phi) is 5.12. The van der Waals surface area contributed by atoms with Crippen molar-refractivity contribution in [3.05, 3.63) is 16.1 Å². The van der Waals surface area contributed by atoms with E-state index >= 15 is 0 Å². The van der Waals surface area contributed by atoms with Gasteiger partial charge in [-0.3, -0.25) is 4.79 Å². The number of thioether (sulfide) groups is 2. The lowest BCUT2D eigenvalue weighted by atomic mass is 10.3. The van der Waals surface area contributed by atoms with Gasteiger partial charge < -0.3 is 10.0 Å². The van der Waals surface area contributed by atoms with Crippen LogP contribution in [0.4, 0.5) is 0 Å². The van der Waals surface area contributed by atoms with E-state index in [0.717, 1.165) is 10.7 Å². The Morgan fingerprint density at radius 2 is 2.42 bits per heavy atom. The SMILES string of the molecule is Cc1nc(CSCC(=O)N2CSC[C@H]2C(=O)O)cs1. The van der Waals surface area contributed by atoms with Crippen LogP contribution in [0.5, 0.6) is 0 Å². The highest BCUT2D eigenvalue weighted by molar-refractivity contribution is 7.99. The molecule has 0 unspecified atom stereocenters. The first kappa shape index (κ1) is 14.7. The Hall–Kier alpha value is -0.730. The molecular formula is C11H14N2O3S3. The van der Waals surface area contributed by atoms with E-state index in [1.54, 1.807) is 11.3 Å². The molecule has 1 aliphatic heterocycles. The van der Waals surface area contributed by atoms with Crippen molar-refractivity contribution in [1.29, 1.82) is 0 Å². The van der Waals surface area contributed by atoms with Gasteiger partial charge in [-0.1, -0.05) is 0 Å². The third-order valence-corrected chi connectivity index (χ3v) is 5.42. The summed E-state index contributed by atoms with van der Waals surface area (Å²) < 4.78 is 0. The van der Waals surface area contributed by atoms with Crippen molar-refractivity contribution in [2.45, 2.75) is 18.7 Å². The summed E-state index contributed by atoms with van der Waals surface area (Å²) in [7, 11) is 0. The zero-order chi connectivity index (χ0) is 13.8. The average Bonchev–Trinajstić information content (AvgIpc) is 2.97. The van der Waals surface area contributed by atoms with E-state index in [1.165, 1.54) is 28.4 Å². The molecule has 104 valence electrons. The molecule has 2 heterocycles. The van der Waals surface area contributed by atoms with Crippen LogP contribution < -0.4 is 0 Å². The highest BCUT2D eigenvalue weighted by atomic mass is 32.2. The van der Waals surface area contributed by atoms with Crippen molar-refractivity contribution in [2.75, 3.05) is 17.4 Å². The number of aromatic nitrogens is 1. The molecule has 0 spiro atoms. The van der Waals surface area contributed by atoms with Gasteiger partial charge in [0, 0.05) is 16.9 Å². The lowest BCUT2D eigenvalue weighted by Gasteiger charge is -2.20. The van der Waals surface area contributed by atoms with Crippen LogP contribution in [0.15, 0.2) is 5.38 Å². The molecule has 0 bridgehead atoms. The van der Waals surface area contributed by atoms with E-state index in [2.05, 4.69) is 4.98 Å². The first-order valence-corrected chi connectivity index (χ1v) is 8.85. The molecule has 0 aliphatic carbocycles. The zero-order valence-corrected chi connectivity index (χ0v) is 12.8. The summed E-state index contributed by atoms with van der Waals surface area (Å²) in [6.07, 6.45) is 0. The normalized spacial score (nSPS) is 18.8. The third-order valence-electron chi connectivity index (χ3n) is 2.63. The van der Waals surface area contributed by atoms with E-state index in [4.69, 9.17) is 5.11 Å². The fraction of sp³-hybridized carbons (Fsp3) is 0.545. The van der Waals surface area contributed by atoms with E-state index in [9.17, 15) is 9.59 Å². The van der Waals surface area contributed by atoms with Gasteiger partial charge in [0.15, 0.2) is 0 Å². The number of nitrogens with zero attached hydrogens (tertiary/aromatic N) is 2. The van der Waals surface area contributed by atoms with Crippen LogP contribution in [0, 0.1) is 6.92 Å². The Morgan fingerprint density at radius 1 is 1.63 bits per heavy atom. The number of aryl methyl sites for hydroxylation is 1. The minimum absolute atomic E-state index is 0.102. The van der Waals surface area contributed by atoms with Crippen molar-refractivity contribution in [3.8, 4) is 0 Å². The van der Waals surface area contributed by atoms with Crippen LogP contribution in [-0.4, -0.2) is 50.3 Å². The molecule has 1 amide bonds. The van der Waals surface area contributed by atoms with Crippen LogP contribution in [0.1, 0.15) is 10.7 Å². The summed E-state index contributed by atoms with van der Waals surface area (Å²) in [6, 6.07) is -0.667. The van der Waals surface area contributed by atoms with Gasteiger partial charge in [-0.2, -0.15) is 0 Å². The smallest absolute Gasteiger partial charge is 0.327 e. The van der Waals surface area contributed by atoms with E-state index < -0.39 is 12.0 Å². The van der Waals surface area contributed by atoms with Crippen LogP contribution >= 0.6 is 34.9 Å². The summed E-state index contributed by atoms with van der Waals surface area (Å²) in [5, 5.41) is 12.0. The van der Waals surface area contributed by atoms with E-state index in [-0.39, 0.29) is 5.91 Å². The molecule has 8 heteroatoms. The van der Waals surface area contributed by atoms with Gasteiger partial charge in [-0.15, -0.1) is 34.9 Å². The molecule has 0 radical (unpaired) electrons. The van der Waals surface area contributed by atoms with Crippen LogP contribution in [0.2, 0.25) is 0 Å². The van der Waals surface area contributed by atoms with E-state index in [0.29, 0.717) is 23.1 Å². The highest BCUT2D eigenvalue weighted by Gasteiger charge is 2.34. The molecule has 1 fully saturated rings. The summed E-state index contributed by atoms with van der Waals surface area (Å²) in [6.45, 7) is 1.95. The van der Waals surface area contributed by atoms with Gasteiger partial charge in [0.1, 0.15) is 6.04 Å². The molecule has 1 aromatic rings. The lowest BCUT2D eigenvalue weighted by molar-refractivity contribution is -0.146. The fourth-order valence-corrected chi connectivity index (χ4v) is 4.38. The molecular weight excluding hydrogens is 304 g/mol. The van der Waals surface area contributed by atoms with Gasteiger partial charge in [-0.05, 0) is 6.92 Å². The second-order valence-electron chi connectivity index (χ2n) is 4.07. The Bertz CT molecular complexity index is 478. The molecule has 1 atom stereocenters. The standard InChI is InChI=1S/C11H14N2O3S3/c1-7-12-8(3-19-7)2-17-5-10(14)13-6-18-4-9(13)11(15)16/h3,9H,2,4-6H2,1H3,(H,15,16)/t9-/m0/s1. The number of hydrogen-bond acceptors (Lipinski definition) is 6. The maximum atomic E-state index is 12.0. The predicted molar refractivity (Wildman–Crippen MR) is 78.6 cm³/mol. The minimum atomic E-state index is -0.918. The van der Waals surface area contributed by atoms with Gasteiger partial charge in [0.05, 0.1) is 22.3 Å². The van der Waals surface area contributed by atoms with Gasteiger partial charge in [0.25, 0.3) is 0 Å². The first-order chi connectivity index (χ1) is 9.08. The van der Waals surface area contributed by atoms with Crippen molar-refractivity contribution in [2.24, 2.45) is 0 Å². The molecule has 19 heavy (non-hydrogen) atoms. The number of carboxylic acids is 1. The third kappa shape index (κ3) is 3.87. The van der Waals surface area contributed by atoms with Crippen molar-refractivity contribution in [1.82, 2.24) is 9.88 Å². The number of thiazole rings is 1. The number of carbonyl (C=O) groups excluding carboxylic acids is 1. The molecule has 1 aliphatic rings. The van der Waals surface area contributed by atoms with Crippen LogP contribution in [0.25, 0.3) is 0 Å². The van der Waals surface area contributed by atoms with Crippen LogP contribution in [0.3, 0.4) is 0 Å². The number of hydrogen-bond donors (Lipinski definition) is 1. The molecule has 1 N–H and O–H groups in total. The van der Waals surface area contributed by atoms with Gasteiger partial charge in [-0.25, -0.2) is 9.78 Å². The zero-order valence-electron chi connectivity index (χ0n) is 10.4. The lowest BCUT2D eigenvalue weighted by Crippen LogP contribution is -2.42. The molecule has 2 rings (SSSR count).